The molecule has 0 aromatic rings. The van der Waals surface area contributed by atoms with Gasteiger partial charge in [0.1, 0.15) is 0 Å². The predicted molar refractivity (Wildman–Crippen MR) is 57.8 cm³/mol. The smallest absolute Gasteiger partial charge is 0.0784 e. The lowest BCUT2D eigenvalue weighted by molar-refractivity contribution is -0.877. The summed E-state index contributed by atoms with van der Waals surface area (Å²) < 4.78 is 1.25. The molecule has 0 spiro atoms. The van der Waals surface area contributed by atoms with Gasteiger partial charge in [0, 0.05) is 12.8 Å². The number of likely N-dealkylation sites (tertiary alicyclic amines) is 2. The van der Waals surface area contributed by atoms with E-state index < -0.39 is 0 Å². The summed E-state index contributed by atoms with van der Waals surface area (Å²) in [4.78, 5) is 2.36. The molecule has 0 amide bonds. The number of rotatable bonds is 0. The number of halogens is 1. The van der Waals surface area contributed by atoms with Crippen molar-refractivity contribution in [3.8, 4) is 0 Å². The second kappa shape index (κ2) is 6.65. The molecule has 2 aliphatic rings. The van der Waals surface area contributed by atoms with Crippen molar-refractivity contribution in [2.75, 3.05) is 47.3 Å². The van der Waals surface area contributed by atoms with Crippen LogP contribution < -0.4 is 12.4 Å². The maximum Gasteiger partial charge on any atom is 0.0784 e. The average Bonchev–Trinajstić information content (AvgIpc) is 2.62. The third kappa shape index (κ3) is 5.84. The first kappa shape index (κ1) is 14.2. The highest BCUT2D eigenvalue weighted by Gasteiger charge is 2.19. The Morgan fingerprint density at radius 3 is 1.43 bits per heavy atom. The van der Waals surface area contributed by atoms with Gasteiger partial charge in [-0.3, -0.25) is 0 Å². The van der Waals surface area contributed by atoms with Gasteiger partial charge in [0.05, 0.1) is 27.2 Å². The van der Waals surface area contributed by atoms with Gasteiger partial charge in [-0.1, -0.05) is 0 Å². The summed E-state index contributed by atoms with van der Waals surface area (Å²) in [5.74, 6) is 0. The van der Waals surface area contributed by atoms with Crippen LogP contribution in [0, 0.1) is 0 Å². The SMILES string of the molecule is CN1CCCC1.C[N+]1(C)CCCC1.[Cl-]. The summed E-state index contributed by atoms with van der Waals surface area (Å²) in [7, 11) is 6.77. The van der Waals surface area contributed by atoms with Crippen molar-refractivity contribution in [3.63, 3.8) is 0 Å². The van der Waals surface area contributed by atoms with Crippen molar-refractivity contribution in [2.24, 2.45) is 0 Å². The molecular weight excluding hydrogens is 196 g/mol. The molecule has 86 valence electrons. The fraction of sp³-hybridized carbons (Fsp3) is 1.00. The molecule has 0 bridgehead atoms. The Balaban J connectivity index is 0.000000227. The molecule has 0 aromatic carbocycles. The highest BCUT2D eigenvalue weighted by Crippen LogP contribution is 2.11. The van der Waals surface area contributed by atoms with Gasteiger partial charge in [0.2, 0.25) is 0 Å². The van der Waals surface area contributed by atoms with Crippen LogP contribution in [0.25, 0.3) is 0 Å². The number of hydrogen-bond acceptors (Lipinski definition) is 1. The lowest BCUT2D eigenvalue weighted by Crippen LogP contribution is -3.00. The van der Waals surface area contributed by atoms with E-state index >= 15 is 0 Å². The number of nitrogens with zero attached hydrogens (tertiary/aromatic N) is 2. The van der Waals surface area contributed by atoms with E-state index in [9.17, 15) is 0 Å². The molecule has 2 nitrogen and oxygen atoms in total. The van der Waals surface area contributed by atoms with E-state index in [1.54, 1.807) is 0 Å². The minimum absolute atomic E-state index is 0. The summed E-state index contributed by atoms with van der Waals surface area (Å²) in [6, 6.07) is 0. The van der Waals surface area contributed by atoms with E-state index in [0.29, 0.717) is 0 Å². The van der Waals surface area contributed by atoms with Gasteiger partial charge >= 0.3 is 0 Å². The highest BCUT2D eigenvalue weighted by atomic mass is 35.5. The van der Waals surface area contributed by atoms with E-state index in [1.807, 2.05) is 0 Å². The van der Waals surface area contributed by atoms with Crippen molar-refractivity contribution in [1.29, 1.82) is 0 Å². The van der Waals surface area contributed by atoms with Crippen LogP contribution in [-0.2, 0) is 0 Å². The zero-order valence-electron chi connectivity index (χ0n) is 9.93. The van der Waals surface area contributed by atoms with Crippen LogP contribution in [0.5, 0.6) is 0 Å². The van der Waals surface area contributed by atoms with Crippen LogP contribution in [-0.4, -0.2) is 56.7 Å². The van der Waals surface area contributed by atoms with Crippen molar-refractivity contribution in [1.82, 2.24) is 4.90 Å². The normalized spacial score (nSPS) is 25.1. The third-order valence-corrected chi connectivity index (χ3v) is 3.11. The Labute approximate surface area is 95.3 Å². The quantitative estimate of drug-likeness (QED) is 0.453. The van der Waals surface area contributed by atoms with E-state index in [1.165, 1.54) is 56.3 Å². The molecule has 2 rings (SSSR count). The number of quaternary nitrogens is 1. The molecule has 0 radical (unpaired) electrons. The lowest BCUT2D eigenvalue weighted by Gasteiger charge is -2.21. The molecule has 14 heavy (non-hydrogen) atoms. The van der Waals surface area contributed by atoms with Gasteiger partial charge in [-0.15, -0.1) is 0 Å². The zero-order valence-corrected chi connectivity index (χ0v) is 10.7. The Morgan fingerprint density at radius 1 is 0.857 bits per heavy atom. The zero-order chi connectivity index (χ0) is 9.73. The monoisotopic (exact) mass is 220 g/mol. The Bertz CT molecular complexity index is 134. The molecule has 0 unspecified atom stereocenters. The Hall–Kier alpha value is 0.210. The van der Waals surface area contributed by atoms with Gasteiger partial charge in [-0.05, 0) is 33.0 Å². The molecule has 2 heterocycles. The Kier molecular flexibility index (Phi) is 6.75. The molecule has 2 fully saturated rings. The molecule has 0 saturated carbocycles. The minimum atomic E-state index is 0. The predicted octanol–water partition coefficient (Wildman–Crippen LogP) is -1.43. The lowest BCUT2D eigenvalue weighted by atomic mass is 10.4. The fourth-order valence-corrected chi connectivity index (χ4v) is 2.07. The first-order chi connectivity index (χ1) is 6.10. The van der Waals surface area contributed by atoms with Crippen LogP contribution in [0.4, 0.5) is 0 Å². The van der Waals surface area contributed by atoms with Crippen LogP contribution in [0.3, 0.4) is 0 Å². The van der Waals surface area contributed by atoms with Crippen LogP contribution in [0.15, 0.2) is 0 Å². The summed E-state index contributed by atoms with van der Waals surface area (Å²) in [6.45, 7) is 5.42. The third-order valence-electron chi connectivity index (χ3n) is 3.11. The van der Waals surface area contributed by atoms with Crippen molar-refractivity contribution >= 4 is 0 Å². The minimum Gasteiger partial charge on any atom is -1.00 e. The van der Waals surface area contributed by atoms with Crippen LogP contribution in [0.1, 0.15) is 25.7 Å². The standard InChI is InChI=1S/C6H14N.C5H11N.ClH/c1-7(2)5-3-4-6-7;1-6-4-2-3-5-6;/h3-6H2,1-2H3;2-5H2,1H3;1H/q+1;;/p-1. The molecular formula is C11H25ClN2. The fourth-order valence-electron chi connectivity index (χ4n) is 2.07. The summed E-state index contributed by atoms with van der Waals surface area (Å²) in [6.07, 6.45) is 5.70. The van der Waals surface area contributed by atoms with Gasteiger partial charge in [-0.2, -0.15) is 0 Å². The van der Waals surface area contributed by atoms with E-state index in [4.69, 9.17) is 0 Å². The summed E-state index contributed by atoms with van der Waals surface area (Å²) >= 11 is 0. The van der Waals surface area contributed by atoms with Crippen molar-refractivity contribution in [2.45, 2.75) is 25.7 Å². The summed E-state index contributed by atoms with van der Waals surface area (Å²) in [5.41, 5.74) is 0. The van der Waals surface area contributed by atoms with Crippen molar-refractivity contribution in [3.05, 3.63) is 0 Å². The molecule has 0 aliphatic carbocycles. The maximum atomic E-state index is 2.36. The molecule has 2 aliphatic heterocycles. The van der Waals surface area contributed by atoms with E-state index in [2.05, 4.69) is 26.0 Å². The molecule has 0 aromatic heterocycles. The average molecular weight is 221 g/mol. The molecule has 2 saturated heterocycles. The second-order valence-corrected chi connectivity index (χ2v) is 5.10. The van der Waals surface area contributed by atoms with E-state index in [0.717, 1.165) is 0 Å². The molecule has 3 heteroatoms. The Morgan fingerprint density at radius 2 is 1.29 bits per heavy atom. The van der Waals surface area contributed by atoms with Gasteiger partial charge in [0.15, 0.2) is 0 Å². The first-order valence-corrected chi connectivity index (χ1v) is 5.61. The van der Waals surface area contributed by atoms with Crippen molar-refractivity contribution < 1.29 is 16.9 Å². The second-order valence-electron chi connectivity index (χ2n) is 5.10. The van der Waals surface area contributed by atoms with Crippen LogP contribution >= 0.6 is 0 Å². The highest BCUT2D eigenvalue weighted by molar-refractivity contribution is 4.59. The molecule has 0 atom stereocenters. The van der Waals surface area contributed by atoms with Crippen LogP contribution in [0.2, 0.25) is 0 Å². The topological polar surface area (TPSA) is 3.24 Å². The maximum absolute atomic E-state index is 2.36. The largest absolute Gasteiger partial charge is 1.00 e. The molecule has 0 N–H and O–H groups in total. The van der Waals surface area contributed by atoms with Gasteiger partial charge in [-0.25, -0.2) is 0 Å². The summed E-state index contributed by atoms with van der Waals surface area (Å²) in [5, 5.41) is 0. The van der Waals surface area contributed by atoms with E-state index in [-0.39, 0.29) is 12.4 Å². The first-order valence-electron chi connectivity index (χ1n) is 5.61. The van der Waals surface area contributed by atoms with Gasteiger partial charge in [0.25, 0.3) is 0 Å². The number of hydrogen-bond donors (Lipinski definition) is 0. The van der Waals surface area contributed by atoms with Gasteiger partial charge < -0.3 is 21.8 Å².